The molecule has 1 saturated carbocycles. The van der Waals surface area contributed by atoms with E-state index in [9.17, 15) is 5.11 Å². The lowest BCUT2D eigenvalue weighted by atomic mass is 9.80. The zero-order valence-corrected chi connectivity index (χ0v) is 12.7. The zero-order chi connectivity index (χ0) is 14.4. The van der Waals surface area contributed by atoms with Crippen molar-refractivity contribution in [3.63, 3.8) is 0 Å². The number of amidine groups is 1. The quantitative estimate of drug-likeness (QED) is 0.803. The van der Waals surface area contributed by atoms with Gasteiger partial charge in [0, 0.05) is 19.6 Å². The summed E-state index contributed by atoms with van der Waals surface area (Å²) in [6, 6.07) is 0. The summed E-state index contributed by atoms with van der Waals surface area (Å²) in [5.74, 6) is 3.00. The minimum atomic E-state index is -0.576. The average Bonchev–Trinajstić information content (AvgIpc) is 3.28. The molecule has 0 amide bonds. The third kappa shape index (κ3) is 2.38. The lowest BCUT2D eigenvalue weighted by Gasteiger charge is -2.41. The third-order valence-electron chi connectivity index (χ3n) is 5.44. The molecule has 2 aliphatic heterocycles. The van der Waals surface area contributed by atoms with Crippen LogP contribution in [0.4, 0.5) is 0 Å². The second kappa shape index (κ2) is 4.84. The number of piperidine rings is 1. The van der Waals surface area contributed by atoms with Crippen molar-refractivity contribution in [1.29, 1.82) is 0 Å². The van der Waals surface area contributed by atoms with Crippen LogP contribution in [0.1, 0.15) is 26.2 Å². The predicted octanol–water partition coefficient (Wildman–Crippen LogP) is 2.55. The number of dihydropyridines is 1. The Hall–Kier alpha value is -1.35. The summed E-state index contributed by atoms with van der Waals surface area (Å²) in [5, 5.41) is 11.1. The van der Waals surface area contributed by atoms with E-state index in [1.807, 2.05) is 0 Å². The number of allylic oxidation sites excluding steroid dienone is 3. The van der Waals surface area contributed by atoms with Crippen molar-refractivity contribution in [1.82, 2.24) is 4.90 Å². The molecule has 1 N–H and O–H groups in total. The standard InChI is InChI=1S/C18H24N2O/c1-13-5-6-17(19-12-13)20-9-7-18(21,8-10-20)16-4-2-3-14-11-15(14)16/h2-6,13-15,21H,7-12H2,1H3. The molecule has 0 spiro atoms. The number of fused-ring (bicyclic) bond motifs is 1. The molecule has 4 rings (SSSR count). The van der Waals surface area contributed by atoms with E-state index in [0.717, 1.165) is 38.3 Å². The number of likely N-dealkylation sites (tertiary alicyclic amines) is 1. The van der Waals surface area contributed by atoms with E-state index >= 15 is 0 Å². The summed E-state index contributed by atoms with van der Waals surface area (Å²) >= 11 is 0. The molecule has 2 aliphatic carbocycles. The van der Waals surface area contributed by atoms with Crippen molar-refractivity contribution in [2.45, 2.75) is 31.8 Å². The molecule has 2 fully saturated rings. The number of nitrogens with zero attached hydrogens (tertiary/aromatic N) is 2. The molecule has 0 aromatic carbocycles. The van der Waals surface area contributed by atoms with Crippen LogP contribution in [0.25, 0.3) is 0 Å². The smallest absolute Gasteiger partial charge is 0.123 e. The molecular weight excluding hydrogens is 260 g/mol. The van der Waals surface area contributed by atoms with Gasteiger partial charge in [0.15, 0.2) is 0 Å². The summed E-state index contributed by atoms with van der Waals surface area (Å²) in [6.07, 6.45) is 13.9. The highest BCUT2D eigenvalue weighted by molar-refractivity contribution is 5.93. The second-order valence-electron chi connectivity index (χ2n) is 7.07. The lowest BCUT2D eigenvalue weighted by Crippen LogP contribution is -2.48. The number of rotatable bonds is 1. The van der Waals surface area contributed by atoms with Crippen molar-refractivity contribution in [2.24, 2.45) is 22.7 Å². The first-order valence-corrected chi connectivity index (χ1v) is 8.24. The molecule has 1 saturated heterocycles. The van der Waals surface area contributed by atoms with Crippen molar-refractivity contribution >= 4 is 5.84 Å². The molecule has 21 heavy (non-hydrogen) atoms. The first-order chi connectivity index (χ1) is 10.2. The van der Waals surface area contributed by atoms with Crippen LogP contribution in [-0.4, -0.2) is 41.1 Å². The third-order valence-corrected chi connectivity index (χ3v) is 5.44. The first kappa shape index (κ1) is 13.3. The van der Waals surface area contributed by atoms with E-state index in [0.29, 0.717) is 17.8 Å². The fourth-order valence-electron chi connectivity index (χ4n) is 3.91. The van der Waals surface area contributed by atoms with E-state index < -0.39 is 5.60 Å². The molecule has 0 bridgehead atoms. The van der Waals surface area contributed by atoms with Crippen molar-refractivity contribution < 1.29 is 5.11 Å². The van der Waals surface area contributed by atoms with Gasteiger partial charge in [-0.25, -0.2) is 0 Å². The normalized spacial score (nSPS) is 36.9. The highest BCUT2D eigenvalue weighted by Crippen LogP contribution is 2.52. The summed E-state index contributed by atoms with van der Waals surface area (Å²) < 4.78 is 0. The summed E-state index contributed by atoms with van der Waals surface area (Å²) in [7, 11) is 0. The lowest BCUT2D eigenvalue weighted by molar-refractivity contribution is 0.0211. The van der Waals surface area contributed by atoms with Gasteiger partial charge in [-0.05, 0) is 48.7 Å². The van der Waals surface area contributed by atoms with Gasteiger partial charge in [-0.15, -0.1) is 0 Å². The van der Waals surface area contributed by atoms with Gasteiger partial charge < -0.3 is 10.0 Å². The van der Waals surface area contributed by atoms with Gasteiger partial charge in [-0.2, -0.15) is 0 Å². The van der Waals surface area contributed by atoms with Gasteiger partial charge >= 0.3 is 0 Å². The van der Waals surface area contributed by atoms with E-state index in [2.05, 4.69) is 47.2 Å². The van der Waals surface area contributed by atoms with Crippen LogP contribution < -0.4 is 0 Å². The van der Waals surface area contributed by atoms with Gasteiger partial charge in [0.05, 0.1) is 5.60 Å². The first-order valence-electron chi connectivity index (χ1n) is 8.24. The number of hydrogen-bond acceptors (Lipinski definition) is 3. The van der Waals surface area contributed by atoms with Gasteiger partial charge in [0.2, 0.25) is 0 Å². The largest absolute Gasteiger partial charge is 0.385 e. The molecule has 2 heterocycles. The average molecular weight is 284 g/mol. The molecular formula is C18H24N2O. The summed E-state index contributed by atoms with van der Waals surface area (Å²) in [5.41, 5.74) is 0.719. The number of aliphatic imine (C=N–C) groups is 1. The molecule has 3 unspecified atom stereocenters. The Bertz CT molecular complexity index is 550. The van der Waals surface area contributed by atoms with Crippen LogP contribution in [0.2, 0.25) is 0 Å². The topological polar surface area (TPSA) is 35.8 Å². The van der Waals surface area contributed by atoms with Crippen molar-refractivity contribution in [3.05, 3.63) is 36.0 Å². The fourth-order valence-corrected chi connectivity index (χ4v) is 3.91. The van der Waals surface area contributed by atoms with Crippen molar-refractivity contribution in [2.75, 3.05) is 19.6 Å². The van der Waals surface area contributed by atoms with Crippen LogP contribution >= 0.6 is 0 Å². The van der Waals surface area contributed by atoms with Gasteiger partial charge in [-0.1, -0.05) is 31.2 Å². The fraction of sp³-hybridized carbons (Fsp3) is 0.611. The van der Waals surface area contributed by atoms with Gasteiger partial charge in [0.25, 0.3) is 0 Å². The molecule has 3 heteroatoms. The molecule has 3 atom stereocenters. The Morgan fingerprint density at radius 3 is 2.81 bits per heavy atom. The minimum Gasteiger partial charge on any atom is -0.385 e. The van der Waals surface area contributed by atoms with Crippen LogP contribution in [0, 0.1) is 17.8 Å². The van der Waals surface area contributed by atoms with E-state index in [-0.39, 0.29) is 0 Å². The number of aliphatic hydroxyl groups is 1. The van der Waals surface area contributed by atoms with Gasteiger partial charge in [-0.3, -0.25) is 4.99 Å². The maximum atomic E-state index is 11.1. The SMILES string of the molecule is CC1C=CC(N2CCC(O)(C3=CC=CC4CC34)CC2)=NC1. The Morgan fingerprint density at radius 1 is 1.29 bits per heavy atom. The van der Waals surface area contributed by atoms with E-state index in [4.69, 9.17) is 0 Å². The number of hydrogen-bond donors (Lipinski definition) is 1. The second-order valence-corrected chi connectivity index (χ2v) is 7.07. The predicted molar refractivity (Wildman–Crippen MR) is 85.2 cm³/mol. The van der Waals surface area contributed by atoms with Crippen molar-refractivity contribution in [3.8, 4) is 0 Å². The van der Waals surface area contributed by atoms with Crippen LogP contribution in [-0.2, 0) is 0 Å². The highest BCUT2D eigenvalue weighted by atomic mass is 16.3. The zero-order valence-electron chi connectivity index (χ0n) is 12.7. The molecule has 112 valence electrons. The highest BCUT2D eigenvalue weighted by Gasteiger charge is 2.48. The monoisotopic (exact) mass is 284 g/mol. The Kier molecular flexibility index (Phi) is 3.07. The summed E-state index contributed by atoms with van der Waals surface area (Å²) in [6.45, 7) is 4.91. The maximum absolute atomic E-state index is 11.1. The van der Waals surface area contributed by atoms with Crippen LogP contribution in [0.3, 0.4) is 0 Å². The van der Waals surface area contributed by atoms with E-state index in [1.54, 1.807) is 0 Å². The molecule has 0 aromatic rings. The summed E-state index contributed by atoms with van der Waals surface area (Å²) in [4.78, 5) is 7.00. The Balaban J connectivity index is 1.44. The molecule has 0 aromatic heterocycles. The van der Waals surface area contributed by atoms with Crippen LogP contribution in [0.5, 0.6) is 0 Å². The minimum absolute atomic E-state index is 0.557. The maximum Gasteiger partial charge on any atom is 0.123 e. The Morgan fingerprint density at radius 2 is 2.10 bits per heavy atom. The van der Waals surface area contributed by atoms with Crippen LogP contribution in [0.15, 0.2) is 40.9 Å². The molecule has 0 radical (unpaired) electrons. The van der Waals surface area contributed by atoms with Gasteiger partial charge in [0.1, 0.15) is 5.84 Å². The molecule has 4 aliphatic rings. The Labute approximate surface area is 126 Å². The van der Waals surface area contributed by atoms with E-state index in [1.165, 1.54) is 12.0 Å². The molecule has 3 nitrogen and oxygen atoms in total.